The predicted octanol–water partition coefficient (Wildman–Crippen LogP) is 6.09. The number of aryl methyl sites for hydroxylation is 2. The number of para-hydroxylation sites is 1. The third-order valence-electron chi connectivity index (χ3n) is 4.74. The van der Waals surface area contributed by atoms with Gasteiger partial charge in [0.15, 0.2) is 0 Å². The van der Waals surface area contributed by atoms with Gasteiger partial charge in [0.2, 0.25) is 11.3 Å². The van der Waals surface area contributed by atoms with Crippen molar-refractivity contribution in [1.29, 1.82) is 0 Å². The summed E-state index contributed by atoms with van der Waals surface area (Å²) in [5.41, 5.74) is 3.64. The third kappa shape index (κ3) is 3.74. The number of hydrogen-bond acceptors (Lipinski definition) is 3. The Bertz CT molecular complexity index is 1310. The van der Waals surface area contributed by atoms with E-state index in [9.17, 15) is 9.59 Å². The molecule has 0 radical (unpaired) electrons. The van der Waals surface area contributed by atoms with Gasteiger partial charge in [0.05, 0.1) is 10.9 Å². The molecule has 3 aromatic carbocycles. The average molecular weight is 448 g/mol. The highest BCUT2D eigenvalue weighted by Gasteiger charge is 2.20. The molecule has 1 heterocycles. The second kappa shape index (κ2) is 7.68. The van der Waals surface area contributed by atoms with E-state index in [1.54, 1.807) is 24.3 Å². The molecule has 0 spiro atoms. The molecule has 4 aromatic rings. The Hall–Kier alpha value is -3.18. The molecule has 1 aromatic heterocycles. The standard InChI is InChI=1S/C24H18BrNO3/c1-14-6-3-8-16(12-14)20-21(27)19-11-4-7-15(2)22(19)29-24(20)26-23(28)17-9-5-10-18(25)13-17/h3-13H,1-2H3,(H,26,28). The van der Waals surface area contributed by atoms with Gasteiger partial charge in [-0.05, 0) is 49.2 Å². The van der Waals surface area contributed by atoms with E-state index in [0.29, 0.717) is 27.7 Å². The molecule has 0 saturated carbocycles. The van der Waals surface area contributed by atoms with Crippen LogP contribution in [0.1, 0.15) is 21.5 Å². The summed E-state index contributed by atoms with van der Waals surface area (Å²) in [4.78, 5) is 26.2. The number of benzene rings is 3. The molecule has 0 unspecified atom stereocenters. The van der Waals surface area contributed by atoms with Gasteiger partial charge < -0.3 is 4.42 Å². The van der Waals surface area contributed by atoms with Crippen molar-refractivity contribution in [1.82, 2.24) is 0 Å². The molecule has 4 nitrogen and oxygen atoms in total. The van der Waals surface area contributed by atoms with Crippen LogP contribution in [-0.4, -0.2) is 5.91 Å². The molecule has 0 aliphatic heterocycles. The lowest BCUT2D eigenvalue weighted by Crippen LogP contribution is -2.16. The SMILES string of the molecule is Cc1cccc(-c2c(NC(=O)c3cccc(Br)c3)oc3c(C)cccc3c2=O)c1. The fourth-order valence-corrected chi connectivity index (χ4v) is 3.71. The van der Waals surface area contributed by atoms with Crippen LogP contribution in [0.3, 0.4) is 0 Å². The van der Waals surface area contributed by atoms with Crippen molar-refractivity contribution in [2.45, 2.75) is 13.8 Å². The minimum Gasteiger partial charge on any atom is -0.439 e. The minimum atomic E-state index is -0.351. The number of carbonyl (C=O) groups excluding carboxylic acids is 1. The van der Waals surface area contributed by atoms with Crippen molar-refractivity contribution in [3.05, 3.63) is 98.1 Å². The maximum absolute atomic E-state index is 13.4. The van der Waals surface area contributed by atoms with E-state index < -0.39 is 0 Å². The van der Waals surface area contributed by atoms with E-state index in [1.807, 2.05) is 56.3 Å². The Balaban J connectivity index is 1.93. The number of amides is 1. The molecule has 1 amide bonds. The van der Waals surface area contributed by atoms with Crippen molar-refractivity contribution >= 4 is 38.7 Å². The number of nitrogens with one attached hydrogen (secondary N) is 1. The van der Waals surface area contributed by atoms with Crippen LogP contribution in [0.2, 0.25) is 0 Å². The van der Waals surface area contributed by atoms with Crippen LogP contribution >= 0.6 is 15.9 Å². The maximum atomic E-state index is 13.4. The summed E-state index contributed by atoms with van der Waals surface area (Å²) in [6, 6.07) is 20.1. The second-order valence-electron chi connectivity index (χ2n) is 6.92. The lowest BCUT2D eigenvalue weighted by atomic mass is 10.0. The number of carbonyl (C=O) groups is 1. The van der Waals surface area contributed by atoms with Crippen molar-refractivity contribution in [2.24, 2.45) is 0 Å². The Morgan fingerprint density at radius 2 is 1.72 bits per heavy atom. The molecule has 0 aliphatic carbocycles. The summed E-state index contributed by atoms with van der Waals surface area (Å²) in [5, 5.41) is 3.29. The molecule has 0 atom stereocenters. The number of rotatable bonds is 3. The lowest BCUT2D eigenvalue weighted by Gasteiger charge is -2.13. The summed E-state index contributed by atoms with van der Waals surface area (Å²) in [5.74, 6) is -0.205. The maximum Gasteiger partial charge on any atom is 0.258 e. The van der Waals surface area contributed by atoms with Gasteiger partial charge in [-0.3, -0.25) is 14.9 Å². The molecular formula is C24H18BrNO3. The van der Waals surface area contributed by atoms with Crippen molar-refractivity contribution in [2.75, 3.05) is 5.32 Å². The predicted molar refractivity (Wildman–Crippen MR) is 119 cm³/mol. The Morgan fingerprint density at radius 1 is 0.966 bits per heavy atom. The van der Waals surface area contributed by atoms with Gasteiger partial charge in [0.25, 0.3) is 5.91 Å². The number of fused-ring (bicyclic) bond motifs is 1. The Labute approximate surface area is 176 Å². The topological polar surface area (TPSA) is 59.3 Å². The molecule has 5 heteroatoms. The van der Waals surface area contributed by atoms with Crippen LogP contribution in [0, 0.1) is 13.8 Å². The smallest absolute Gasteiger partial charge is 0.258 e. The molecule has 29 heavy (non-hydrogen) atoms. The first-order valence-electron chi connectivity index (χ1n) is 9.14. The fraction of sp³-hybridized carbons (Fsp3) is 0.0833. The van der Waals surface area contributed by atoms with Crippen LogP contribution in [0.25, 0.3) is 22.1 Å². The molecule has 0 saturated heterocycles. The first-order chi connectivity index (χ1) is 13.9. The number of hydrogen-bond donors (Lipinski definition) is 1. The van der Waals surface area contributed by atoms with Gasteiger partial charge >= 0.3 is 0 Å². The Morgan fingerprint density at radius 3 is 2.48 bits per heavy atom. The molecular weight excluding hydrogens is 430 g/mol. The normalized spacial score (nSPS) is 10.9. The van der Waals surface area contributed by atoms with E-state index in [2.05, 4.69) is 21.2 Å². The molecule has 0 aliphatic rings. The highest BCUT2D eigenvalue weighted by molar-refractivity contribution is 9.10. The molecule has 144 valence electrons. The summed E-state index contributed by atoms with van der Waals surface area (Å²) in [7, 11) is 0. The first-order valence-corrected chi connectivity index (χ1v) is 9.94. The number of anilines is 1. The van der Waals surface area contributed by atoms with Crippen molar-refractivity contribution < 1.29 is 9.21 Å². The molecule has 0 fully saturated rings. The highest BCUT2D eigenvalue weighted by atomic mass is 79.9. The third-order valence-corrected chi connectivity index (χ3v) is 5.23. The largest absolute Gasteiger partial charge is 0.439 e. The van der Waals surface area contributed by atoms with Crippen molar-refractivity contribution in [3.63, 3.8) is 0 Å². The zero-order valence-electron chi connectivity index (χ0n) is 16.0. The van der Waals surface area contributed by atoms with E-state index in [0.717, 1.165) is 15.6 Å². The van der Waals surface area contributed by atoms with E-state index in [-0.39, 0.29) is 17.2 Å². The zero-order chi connectivity index (χ0) is 20.5. The Kier molecular flexibility index (Phi) is 5.07. The second-order valence-corrected chi connectivity index (χ2v) is 7.84. The van der Waals surface area contributed by atoms with E-state index in [1.165, 1.54) is 0 Å². The summed E-state index contributed by atoms with van der Waals surface area (Å²) < 4.78 is 6.87. The van der Waals surface area contributed by atoms with Gasteiger partial charge in [-0.15, -0.1) is 0 Å². The minimum absolute atomic E-state index is 0.146. The van der Waals surface area contributed by atoms with Crippen LogP contribution in [-0.2, 0) is 0 Å². The fourth-order valence-electron chi connectivity index (χ4n) is 3.31. The van der Waals surface area contributed by atoms with Gasteiger partial charge in [0, 0.05) is 10.0 Å². The zero-order valence-corrected chi connectivity index (χ0v) is 17.5. The first kappa shape index (κ1) is 19.2. The van der Waals surface area contributed by atoms with Crippen molar-refractivity contribution in [3.8, 4) is 11.1 Å². The highest BCUT2D eigenvalue weighted by Crippen LogP contribution is 2.31. The molecule has 0 bridgehead atoms. The molecule has 1 N–H and O–H groups in total. The van der Waals surface area contributed by atoms with Crippen LogP contribution in [0.5, 0.6) is 0 Å². The average Bonchev–Trinajstić information content (AvgIpc) is 2.69. The number of halogens is 1. The summed E-state index contributed by atoms with van der Waals surface area (Å²) in [6.07, 6.45) is 0. The monoisotopic (exact) mass is 447 g/mol. The summed E-state index contributed by atoms with van der Waals surface area (Å²) in [6.45, 7) is 3.83. The van der Waals surface area contributed by atoms with Gasteiger partial charge in [-0.25, -0.2) is 0 Å². The van der Waals surface area contributed by atoms with Gasteiger partial charge in [-0.2, -0.15) is 0 Å². The molecule has 4 rings (SSSR count). The van der Waals surface area contributed by atoms with E-state index in [4.69, 9.17) is 4.42 Å². The van der Waals surface area contributed by atoms with Crippen LogP contribution in [0.4, 0.5) is 5.88 Å². The van der Waals surface area contributed by atoms with Crippen LogP contribution in [0.15, 0.2) is 80.4 Å². The quantitative estimate of drug-likeness (QED) is 0.413. The summed E-state index contributed by atoms with van der Waals surface area (Å²) >= 11 is 3.38. The lowest BCUT2D eigenvalue weighted by molar-refractivity contribution is 0.102. The van der Waals surface area contributed by atoms with Crippen LogP contribution < -0.4 is 10.7 Å². The van der Waals surface area contributed by atoms with Gasteiger partial charge in [-0.1, -0.05) is 64.0 Å². The van der Waals surface area contributed by atoms with Gasteiger partial charge in [0.1, 0.15) is 5.58 Å². The van der Waals surface area contributed by atoms with E-state index >= 15 is 0 Å².